The molecule has 2 N–H and O–H groups in total. The van der Waals surface area contributed by atoms with Crippen LogP contribution in [0.25, 0.3) is 22.0 Å². The third-order valence-corrected chi connectivity index (χ3v) is 4.73. The molecule has 1 aromatic heterocycles. The number of carbonyl (C=O) groups excluding carboxylic acids is 1. The van der Waals surface area contributed by atoms with Gasteiger partial charge in [-0.3, -0.25) is 9.59 Å². The van der Waals surface area contributed by atoms with Crippen LogP contribution in [-0.4, -0.2) is 42.9 Å². The quantitative estimate of drug-likeness (QED) is 0.560. The van der Waals surface area contributed by atoms with E-state index in [-0.39, 0.29) is 35.6 Å². The number of aromatic nitrogens is 1. The number of rotatable bonds is 5. The maximum atomic E-state index is 13.3. The number of ether oxygens (including phenoxy) is 2. The van der Waals surface area contributed by atoms with Crippen molar-refractivity contribution in [3.8, 4) is 22.8 Å². The van der Waals surface area contributed by atoms with Crippen LogP contribution in [0.4, 0.5) is 0 Å². The van der Waals surface area contributed by atoms with E-state index < -0.39 is 0 Å². The molecule has 0 saturated carbocycles. The summed E-state index contributed by atoms with van der Waals surface area (Å²) in [5.41, 5.74) is 4.67. The Labute approximate surface area is 154 Å². The molecule has 0 saturated heterocycles. The minimum Gasteiger partial charge on any atom is -0.493 e. The van der Waals surface area contributed by atoms with Gasteiger partial charge in [-0.2, -0.15) is 0 Å². The van der Waals surface area contributed by atoms with Gasteiger partial charge in [-0.25, -0.2) is 4.68 Å². The average Bonchev–Trinajstić information content (AvgIpc) is 3.00. The monoisotopic (exact) mass is 366 g/mol. The predicted molar refractivity (Wildman–Crippen MR) is 101 cm³/mol. The van der Waals surface area contributed by atoms with Crippen molar-refractivity contribution < 1.29 is 19.4 Å². The van der Waals surface area contributed by atoms with Crippen molar-refractivity contribution in [3.63, 3.8) is 0 Å². The number of nitrogens with one attached hydrogen (secondary N) is 1. The van der Waals surface area contributed by atoms with Crippen molar-refractivity contribution in [3.05, 3.63) is 57.9 Å². The first kappa shape index (κ1) is 17.1. The zero-order chi connectivity index (χ0) is 19.1. The summed E-state index contributed by atoms with van der Waals surface area (Å²) in [6.07, 6.45) is 0. The second-order valence-electron chi connectivity index (χ2n) is 6.09. The summed E-state index contributed by atoms with van der Waals surface area (Å²) in [4.78, 5) is 26.5. The second kappa shape index (κ2) is 6.44. The molecule has 4 rings (SSSR count). The van der Waals surface area contributed by atoms with Gasteiger partial charge in [0.05, 0.1) is 44.0 Å². The molecule has 0 bridgehead atoms. The van der Waals surface area contributed by atoms with E-state index in [2.05, 4.69) is 5.43 Å². The Morgan fingerprint density at radius 1 is 1.04 bits per heavy atom. The van der Waals surface area contributed by atoms with E-state index in [9.17, 15) is 14.7 Å². The third-order valence-electron chi connectivity index (χ3n) is 4.73. The molecule has 0 amide bonds. The molecular weight excluding hydrogens is 348 g/mol. The summed E-state index contributed by atoms with van der Waals surface area (Å²) in [6, 6.07) is 10.5. The van der Waals surface area contributed by atoms with Crippen molar-refractivity contribution in [1.29, 1.82) is 0 Å². The molecule has 0 radical (unpaired) electrons. The molecule has 3 aromatic rings. The third kappa shape index (κ3) is 2.32. The Balaban J connectivity index is 2.19. The van der Waals surface area contributed by atoms with Gasteiger partial charge in [-0.1, -0.05) is 24.3 Å². The molecule has 0 atom stereocenters. The van der Waals surface area contributed by atoms with Crippen LogP contribution in [-0.2, 0) is 0 Å². The standard InChI is InChI=1S/C20H18N2O5/c1-26-14-8-7-13-15-17(11-5-3-4-6-12(11)18(15)24)22(21-9-10-23)20(25)16(13)19(14)27-2/h3-8,21,23H,9-10H2,1-2H3. The number of ketones is 1. The summed E-state index contributed by atoms with van der Waals surface area (Å²) in [5.74, 6) is 0.516. The summed E-state index contributed by atoms with van der Waals surface area (Å²) in [5, 5.41) is 9.98. The summed E-state index contributed by atoms with van der Waals surface area (Å²) in [7, 11) is 2.94. The highest BCUT2D eigenvalue weighted by atomic mass is 16.5. The molecule has 1 aliphatic rings. The van der Waals surface area contributed by atoms with E-state index in [4.69, 9.17) is 9.47 Å². The lowest BCUT2D eigenvalue weighted by Gasteiger charge is -2.18. The highest BCUT2D eigenvalue weighted by Gasteiger charge is 2.34. The van der Waals surface area contributed by atoms with Crippen molar-refractivity contribution >= 4 is 16.6 Å². The first-order chi connectivity index (χ1) is 13.1. The zero-order valence-electron chi connectivity index (χ0n) is 14.9. The van der Waals surface area contributed by atoms with E-state index in [1.165, 1.54) is 18.9 Å². The Morgan fingerprint density at radius 3 is 2.44 bits per heavy atom. The Kier molecular flexibility index (Phi) is 4.08. The van der Waals surface area contributed by atoms with Gasteiger partial charge in [0.1, 0.15) is 0 Å². The Bertz CT molecular complexity index is 1130. The first-order valence-electron chi connectivity index (χ1n) is 8.46. The van der Waals surface area contributed by atoms with Crippen molar-refractivity contribution in [2.45, 2.75) is 0 Å². The molecule has 138 valence electrons. The number of aliphatic hydroxyl groups is 1. The van der Waals surface area contributed by atoms with Crippen molar-refractivity contribution in [2.24, 2.45) is 0 Å². The number of carbonyl (C=O) groups is 1. The number of benzene rings is 2. The second-order valence-corrected chi connectivity index (χ2v) is 6.09. The van der Waals surface area contributed by atoms with Crippen LogP contribution in [0.2, 0.25) is 0 Å². The largest absolute Gasteiger partial charge is 0.493 e. The normalized spacial score (nSPS) is 12.0. The van der Waals surface area contributed by atoms with Crippen LogP contribution in [0, 0.1) is 0 Å². The summed E-state index contributed by atoms with van der Waals surface area (Å²) >= 11 is 0. The molecule has 1 aliphatic carbocycles. The molecule has 0 spiro atoms. The molecule has 0 unspecified atom stereocenters. The van der Waals surface area contributed by atoms with E-state index in [0.717, 1.165) is 0 Å². The minimum atomic E-state index is -0.377. The number of nitrogens with zero attached hydrogens (tertiary/aromatic N) is 1. The topological polar surface area (TPSA) is 89.8 Å². The van der Waals surface area contributed by atoms with Crippen LogP contribution in [0.5, 0.6) is 11.5 Å². The highest BCUT2D eigenvalue weighted by Crippen LogP contribution is 2.42. The minimum absolute atomic E-state index is 0.153. The number of methoxy groups -OCH3 is 2. The predicted octanol–water partition coefficient (Wildman–Crippen LogP) is 1.77. The fourth-order valence-electron chi connectivity index (χ4n) is 3.62. The van der Waals surface area contributed by atoms with Gasteiger partial charge in [-0.05, 0) is 12.1 Å². The van der Waals surface area contributed by atoms with Gasteiger partial charge in [0.15, 0.2) is 17.3 Å². The highest BCUT2D eigenvalue weighted by molar-refractivity contribution is 6.27. The molecule has 7 nitrogen and oxygen atoms in total. The van der Waals surface area contributed by atoms with Gasteiger partial charge >= 0.3 is 0 Å². The van der Waals surface area contributed by atoms with E-state index in [0.29, 0.717) is 33.5 Å². The van der Waals surface area contributed by atoms with Gasteiger partial charge in [0, 0.05) is 16.5 Å². The number of pyridine rings is 1. The molecular formula is C20H18N2O5. The fraction of sp³-hybridized carbons (Fsp3) is 0.200. The molecule has 7 heteroatoms. The lowest BCUT2D eigenvalue weighted by Crippen LogP contribution is -2.33. The zero-order valence-corrected chi connectivity index (χ0v) is 14.9. The van der Waals surface area contributed by atoms with Crippen LogP contribution in [0.3, 0.4) is 0 Å². The molecule has 0 aliphatic heterocycles. The van der Waals surface area contributed by atoms with Gasteiger partial charge < -0.3 is 20.0 Å². The molecule has 0 fully saturated rings. The lowest BCUT2D eigenvalue weighted by molar-refractivity contribution is 0.104. The molecule has 2 aromatic carbocycles. The number of hydrogen-bond donors (Lipinski definition) is 2. The smallest absolute Gasteiger partial charge is 0.281 e. The van der Waals surface area contributed by atoms with Crippen LogP contribution in [0.1, 0.15) is 15.9 Å². The number of hydrogen-bond acceptors (Lipinski definition) is 6. The molecule has 1 heterocycles. The Morgan fingerprint density at radius 2 is 1.78 bits per heavy atom. The van der Waals surface area contributed by atoms with Gasteiger partial charge in [-0.15, -0.1) is 0 Å². The SMILES string of the molecule is COc1ccc2c3c(n(NCCO)c(=O)c2c1OC)-c1ccccc1C3=O. The first-order valence-corrected chi connectivity index (χ1v) is 8.46. The lowest BCUT2D eigenvalue weighted by atomic mass is 10.0. The number of aliphatic hydroxyl groups excluding tert-OH is 1. The van der Waals surface area contributed by atoms with E-state index in [1.54, 1.807) is 24.3 Å². The van der Waals surface area contributed by atoms with Gasteiger partial charge in [0.2, 0.25) is 0 Å². The summed E-state index contributed by atoms with van der Waals surface area (Å²) < 4.78 is 12.1. The van der Waals surface area contributed by atoms with Crippen LogP contribution in [0.15, 0.2) is 41.2 Å². The van der Waals surface area contributed by atoms with Crippen molar-refractivity contribution in [1.82, 2.24) is 4.68 Å². The van der Waals surface area contributed by atoms with E-state index >= 15 is 0 Å². The van der Waals surface area contributed by atoms with E-state index in [1.807, 2.05) is 12.1 Å². The van der Waals surface area contributed by atoms with Crippen LogP contribution >= 0.6 is 0 Å². The maximum Gasteiger partial charge on any atom is 0.281 e. The van der Waals surface area contributed by atoms with Gasteiger partial charge in [0.25, 0.3) is 5.56 Å². The fourth-order valence-corrected chi connectivity index (χ4v) is 3.62. The van der Waals surface area contributed by atoms with Crippen LogP contribution < -0.4 is 20.5 Å². The Hall–Kier alpha value is -3.32. The maximum absolute atomic E-state index is 13.3. The average molecular weight is 366 g/mol. The number of fused-ring (bicyclic) bond motifs is 5. The van der Waals surface area contributed by atoms with Crippen molar-refractivity contribution in [2.75, 3.05) is 32.8 Å². The summed E-state index contributed by atoms with van der Waals surface area (Å²) in [6.45, 7) is -0.00934. The molecule has 27 heavy (non-hydrogen) atoms.